The Bertz CT molecular complexity index is 736. The van der Waals surface area contributed by atoms with E-state index in [1.807, 2.05) is 17.0 Å². The minimum Gasteiger partial charge on any atom is -0.339 e. The molecule has 1 aliphatic heterocycles. The van der Waals surface area contributed by atoms with Crippen molar-refractivity contribution >= 4 is 17.5 Å². The minimum absolute atomic E-state index is 0.0313. The number of anilines is 1. The highest BCUT2D eigenvalue weighted by Gasteiger charge is 2.24. The fourth-order valence-corrected chi connectivity index (χ4v) is 2.94. The van der Waals surface area contributed by atoms with Crippen LogP contribution in [0.15, 0.2) is 36.9 Å². The molecule has 0 radical (unpaired) electrons. The third-order valence-corrected chi connectivity index (χ3v) is 4.70. The third-order valence-electron chi connectivity index (χ3n) is 4.70. The van der Waals surface area contributed by atoms with Crippen LogP contribution in [0.5, 0.6) is 0 Å². The topological polar surface area (TPSA) is 80.1 Å². The van der Waals surface area contributed by atoms with Crippen LogP contribution in [0.1, 0.15) is 43.1 Å². The van der Waals surface area contributed by atoms with Gasteiger partial charge in [-0.25, -0.2) is 9.67 Å². The zero-order valence-corrected chi connectivity index (χ0v) is 14.6. The van der Waals surface area contributed by atoms with Crippen molar-refractivity contribution in [1.82, 2.24) is 19.7 Å². The molecule has 1 aromatic heterocycles. The summed E-state index contributed by atoms with van der Waals surface area (Å²) < 4.78 is 1.48. The number of nitrogens with zero attached hydrogens (tertiary/aromatic N) is 4. The Hall–Kier alpha value is -2.70. The molecule has 1 aromatic carbocycles. The molecule has 132 valence electrons. The van der Waals surface area contributed by atoms with Crippen LogP contribution < -0.4 is 5.32 Å². The van der Waals surface area contributed by atoms with Gasteiger partial charge in [-0.05, 0) is 37.8 Å². The average molecular weight is 341 g/mol. The molecule has 1 unspecified atom stereocenters. The number of amides is 2. The molecule has 0 aliphatic carbocycles. The maximum absolute atomic E-state index is 12.9. The lowest BCUT2D eigenvalue weighted by atomic mass is 9.98. The number of nitrogens with one attached hydrogen (secondary N) is 1. The molecule has 1 fully saturated rings. The average Bonchev–Trinajstić information content (AvgIpc) is 3.16. The molecule has 2 heterocycles. The molecule has 7 heteroatoms. The monoisotopic (exact) mass is 341 g/mol. The van der Waals surface area contributed by atoms with Gasteiger partial charge in [-0.2, -0.15) is 5.10 Å². The Balaban J connectivity index is 1.74. The van der Waals surface area contributed by atoms with Gasteiger partial charge in [-0.1, -0.05) is 19.1 Å². The molecule has 7 nitrogen and oxygen atoms in total. The van der Waals surface area contributed by atoms with Gasteiger partial charge in [-0.15, -0.1) is 0 Å². The number of hydrogen-bond donors (Lipinski definition) is 1. The molecule has 0 saturated carbocycles. The van der Waals surface area contributed by atoms with Gasteiger partial charge in [0.1, 0.15) is 18.7 Å². The van der Waals surface area contributed by atoms with Gasteiger partial charge in [0.2, 0.25) is 5.91 Å². The lowest BCUT2D eigenvalue weighted by Crippen LogP contribution is -2.38. The van der Waals surface area contributed by atoms with E-state index in [2.05, 4.69) is 22.3 Å². The SMILES string of the molecule is CC1CCN(C(=O)c2ccccc2NC(=O)C(C)n2cncn2)CC1. The maximum atomic E-state index is 12.9. The van der Waals surface area contributed by atoms with Gasteiger partial charge in [-0.3, -0.25) is 9.59 Å². The second kappa shape index (κ2) is 7.46. The lowest BCUT2D eigenvalue weighted by Gasteiger charge is -2.31. The van der Waals surface area contributed by atoms with Crippen LogP contribution in [0.2, 0.25) is 0 Å². The zero-order chi connectivity index (χ0) is 17.8. The molecule has 1 saturated heterocycles. The number of likely N-dealkylation sites (tertiary alicyclic amines) is 1. The first-order valence-corrected chi connectivity index (χ1v) is 8.59. The molecule has 0 bridgehead atoms. The summed E-state index contributed by atoms with van der Waals surface area (Å²) in [5.74, 6) is 0.386. The van der Waals surface area contributed by atoms with E-state index in [4.69, 9.17) is 0 Å². The summed E-state index contributed by atoms with van der Waals surface area (Å²) in [6.45, 7) is 5.47. The van der Waals surface area contributed by atoms with E-state index in [0.717, 1.165) is 25.9 Å². The van der Waals surface area contributed by atoms with E-state index < -0.39 is 6.04 Å². The molecular formula is C18H23N5O2. The largest absolute Gasteiger partial charge is 0.339 e. The fraction of sp³-hybridized carbons (Fsp3) is 0.444. The van der Waals surface area contributed by atoms with Crippen LogP contribution in [0.4, 0.5) is 5.69 Å². The van der Waals surface area contributed by atoms with E-state index >= 15 is 0 Å². The summed E-state index contributed by atoms with van der Waals surface area (Å²) in [5, 5.41) is 6.84. The number of carbonyl (C=O) groups is 2. The van der Waals surface area contributed by atoms with Crippen LogP contribution >= 0.6 is 0 Å². The third kappa shape index (κ3) is 3.87. The molecule has 0 spiro atoms. The van der Waals surface area contributed by atoms with Gasteiger partial charge >= 0.3 is 0 Å². The van der Waals surface area contributed by atoms with Gasteiger partial charge in [0.15, 0.2) is 0 Å². The molecule has 2 amide bonds. The Morgan fingerprint density at radius 1 is 1.24 bits per heavy atom. The van der Waals surface area contributed by atoms with Crippen molar-refractivity contribution in [3.63, 3.8) is 0 Å². The van der Waals surface area contributed by atoms with Crippen LogP contribution in [0.3, 0.4) is 0 Å². The summed E-state index contributed by atoms with van der Waals surface area (Å²) >= 11 is 0. The predicted molar refractivity (Wildman–Crippen MR) is 94.1 cm³/mol. The number of hydrogen-bond acceptors (Lipinski definition) is 4. The van der Waals surface area contributed by atoms with Crippen molar-refractivity contribution in [2.45, 2.75) is 32.7 Å². The molecule has 1 N–H and O–H groups in total. The summed E-state index contributed by atoms with van der Waals surface area (Å²) in [6, 6.07) is 6.63. The number of benzene rings is 1. The van der Waals surface area contributed by atoms with Gasteiger partial charge in [0.05, 0.1) is 11.3 Å². The highest BCUT2D eigenvalue weighted by atomic mass is 16.2. The molecule has 1 atom stereocenters. The van der Waals surface area contributed by atoms with E-state index in [-0.39, 0.29) is 11.8 Å². The summed E-state index contributed by atoms with van der Waals surface area (Å²) in [7, 11) is 0. The van der Waals surface area contributed by atoms with E-state index in [9.17, 15) is 9.59 Å². The highest BCUT2D eigenvalue weighted by Crippen LogP contribution is 2.22. The summed E-state index contributed by atoms with van der Waals surface area (Å²) in [6.07, 6.45) is 4.92. The van der Waals surface area contributed by atoms with E-state index in [0.29, 0.717) is 17.2 Å². The second-order valence-corrected chi connectivity index (χ2v) is 6.56. The summed E-state index contributed by atoms with van der Waals surface area (Å²) in [5.41, 5.74) is 1.05. The Morgan fingerprint density at radius 2 is 1.96 bits per heavy atom. The molecule has 2 aromatic rings. The quantitative estimate of drug-likeness (QED) is 0.926. The summed E-state index contributed by atoms with van der Waals surface area (Å²) in [4.78, 5) is 31.1. The molecular weight excluding hydrogens is 318 g/mol. The van der Waals surface area contributed by atoms with Gasteiger partial charge < -0.3 is 10.2 Å². The predicted octanol–water partition coefficient (Wildman–Crippen LogP) is 2.35. The number of piperidine rings is 1. The van der Waals surface area contributed by atoms with Crippen molar-refractivity contribution in [2.75, 3.05) is 18.4 Å². The zero-order valence-electron chi connectivity index (χ0n) is 14.6. The van der Waals surface area contributed by atoms with Crippen LogP contribution in [-0.2, 0) is 4.79 Å². The minimum atomic E-state index is -0.513. The number of rotatable bonds is 4. The van der Waals surface area contributed by atoms with Crippen molar-refractivity contribution in [3.8, 4) is 0 Å². The maximum Gasteiger partial charge on any atom is 0.255 e. The van der Waals surface area contributed by atoms with Crippen molar-refractivity contribution < 1.29 is 9.59 Å². The normalized spacial score (nSPS) is 16.5. The fourth-order valence-electron chi connectivity index (χ4n) is 2.94. The first-order valence-electron chi connectivity index (χ1n) is 8.59. The molecule has 3 rings (SSSR count). The number of aromatic nitrogens is 3. The Labute approximate surface area is 147 Å². The van der Waals surface area contributed by atoms with Crippen molar-refractivity contribution in [2.24, 2.45) is 5.92 Å². The standard InChI is InChI=1S/C18H23N5O2/c1-13-7-9-22(10-8-13)18(25)15-5-3-4-6-16(15)21-17(24)14(2)23-12-19-11-20-23/h3-6,11-14H,7-10H2,1-2H3,(H,21,24). The van der Waals surface area contributed by atoms with Crippen LogP contribution in [0.25, 0.3) is 0 Å². The first-order chi connectivity index (χ1) is 12.1. The van der Waals surface area contributed by atoms with Crippen LogP contribution in [0, 0.1) is 5.92 Å². The molecule has 1 aliphatic rings. The van der Waals surface area contributed by atoms with Gasteiger partial charge in [0.25, 0.3) is 5.91 Å². The smallest absolute Gasteiger partial charge is 0.255 e. The second-order valence-electron chi connectivity index (χ2n) is 6.56. The Kier molecular flexibility index (Phi) is 5.11. The van der Waals surface area contributed by atoms with Crippen molar-refractivity contribution in [1.29, 1.82) is 0 Å². The first kappa shape index (κ1) is 17.1. The van der Waals surface area contributed by atoms with Gasteiger partial charge in [0, 0.05) is 13.1 Å². The van der Waals surface area contributed by atoms with E-state index in [1.54, 1.807) is 19.1 Å². The number of carbonyl (C=O) groups excluding carboxylic acids is 2. The lowest BCUT2D eigenvalue weighted by molar-refractivity contribution is -0.119. The highest BCUT2D eigenvalue weighted by molar-refractivity contribution is 6.04. The Morgan fingerprint density at radius 3 is 2.64 bits per heavy atom. The number of para-hydroxylation sites is 1. The van der Waals surface area contributed by atoms with Crippen molar-refractivity contribution in [3.05, 3.63) is 42.5 Å². The van der Waals surface area contributed by atoms with E-state index in [1.165, 1.54) is 17.3 Å². The van der Waals surface area contributed by atoms with Crippen LogP contribution in [-0.4, -0.2) is 44.6 Å². The molecule has 25 heavy (non-hydrogen) atoms.